The van der Waals surface area contributed by atoms with E-state index in [1.807, 2.05) is 6.92 Å². The van der Waals surface area contributed by atoms with Crippen LogP contribution < -0.4 is 16.6 Å². The number of nitrogens with zero attached hydrogens (tertiary/aromatic N) is 3. The first-order valence-electron chi connectivity index (χ1n) is 6.38. The molecule has 2 rings (SSSR count). The van der Waals surface area contributed by atoms with E-state index in [1.54, 1.807) is 23.7 Å². The number of carbonyl (C=O) groups is 2. The highest BCUT2D eigenvalue weighted by atomic mass is 32.1. The number of thiophene rings is 1. The Morgan fingerprint density at radius 2 is 2.29 bits per heavy atom. The van der Waals surface area contributed by atoms with Gasteiger partial charge in [0.15, 0.2) is 0 Å². The molecule has 0 saturated carbocycles. The Hall–Kier alpha value is -2.26. The van der Waals surface area contributed by atoms with Crippen LogP contribution in [0.3, 0.4) is 0 Å². The highest BCUT2D eigenvalue weighted by molar-refractivity contribution is 7.12. The summed E-state index contributed by atoms with van der Waals surface area (Å²) in [6.45, 7) is 1.89. The van der Waals surface area contributed by atoms with Gasteiger partial charge in [-0.3, -0.25) is 20.4 Å². The van der Waals surface area contributed by atoms with Crippen molar-refractivity contribution in [3.8, 4) is 0 Å². The molecule has 0 aromatic carbocycles. The molecular formula is C12H16N6O2S. The number of amides is 2. The van der Waals surface area contributed by atoms with Crippen molar-refractivity contribution in [2.75, 3.05) is 0 Å². The molecule has 0 radical (unpaired) electrons. The van der Waals surface area contributed by atoms with Gasteiger partial charge in [-0.2, -0.15) is 0 Å². The molecule has 112 valence electrons. The van der Waals surface area contributed by atoms with Crippen LogP contribution in [0.15, 0.2) is 23.7 Å². The van der Waals surface area contributed by atoms with Crippen LogP contribution in [-0.2, 0) is 11.3 Å². The summed E-state index contributed by atoms with van der Waals surface area (Å²) in [5.41, 5.74) is 11.1. The minimum Gasteiger partial charge on any atom is -0.323 e. The Morgan fingerprint density at radius 1 is 1.48 bits per heavy atom. The normalized spacial score (nSPS) is 11.9. The molecule has 0 saturated heterocycles. The molecule has 21 heavy (non-hydrogen) atoms. The second-order valence-electron chi connectivity index (χ2n) is 4.34. The van der Waals surface area contributed by atoms with Crippen molar-refractivity contribution in [3.63, 3.8) is 0 Å². The molecule has 1 unspecified atom stereocenters. The number of nitrogens with one attached hydrogen (secondary N) is 2. The molecule has 0 spiro atoms. The summed E-state index contributed by atoms with van der Waals surface area (Å²) in [5.74, 6) is -0.757. The van der Waals surface area contributed by atoms with E-state index in [9.17, 15) is 9.59 Å². The van der Waals surface area contributed by atoms with Crippen LogP contribution in [0.5, 0.6) is 0 Å². The first-order valence-corrected chi connectivity index (χ1v) is 7.26. The quantitative estimate of drug-likeness (QED) is 0.683. The number of rotatable bonds is 5. The van der Waals surface area contributed by atoms with E-state index >= 15 is 0 Å². The minimum absolute atomic E-state index is 0.0475. The van der Waals surface area contributed by atoms with Crippen molar-refractivity contribution < 1.29 is 9.59 Å². The number of aromatic nitrogens is 3. The molecule has 0 fully saturated rings. The Kier molecular flexibility index (Phi) is 5.01. The van der Waals surface area contributed by atoms with Crippen LogP contribution in [-0.4, -0.2) is 26.8 Å². The third kappa shape index (κ3) is 4.10. The maximum absolute atomic E-state index is 11.7. The summed E-state index contributed by atoms with van der Waals surface area (Å²) in [7, 11) is 0. The van der Waals surface area contributed by atoms with Crippen molar-refractivity contribution in [1.29, 1.82) is 0 Å². The lowest BCUT2D eigenvalue weighted by molar-refractivity contribution is -0.122. The average Bonchev–Trinajstić information content (AvgIpc) is 3.15. The van der Waals surface area contributed by atoms with Gasteiger partial charge in [0.1, 0.15) is 6.54 Å². The summed E-state index contributed by atoms with van der Waals surface area (Å²) in [5, 5.41) is 9.50. The highest BCUT2D eigenvalue weighted by Gasteiger charge is 2.11. The van der Waals surface area contributed by atoms with Gasteiger partial charge in [0.05, 0.1) is 22.8 Å². The van der Waals surface area contributed by atoms with Crippen molar-refractivity contribution >= 4 is 23.2 Å². The Bertz CT molecular complexity index is 609. The van der Waals surface area contributed by atoms with Crippen molar-refractivity contribution in [1.82, 2.24) is 25.8 Å². The zero-order valence-corrected chi connectivity index (χ0v) is 12.3. The Morgan fingerprint density at radius 3 is 2.95 bits per heavy atom. The van der Waals surface area contributed by atoms with Crippen LogP contribution in [0, 0.1) is 0 Å². The molecule has 2 heterocycles. The zero-order chi connectivity index (χ0) is 15.2. The van der Waals surface area contributed by atoms with Gasteiger partial charge < -0.3 is 5.73 Å². The van der Waals surface area contributed by atoms with Crippen LogP contribution in [0.4, 0.5) is 0 Å². The van der Waals surface area contributed by atoms with E-state index in [0.29, 0.717) is 10.6 Å². The number of hydrogen-bond acceptors (Lipinski definition) is 6. The molecule has 8 nitrogen and oxygen atoms in total. The summed E-state index contributed by atoms with van der Waals surface area (Å²) in [4.78, 5) is 23.8. The third-order valence-electron chi connectivity index (χ3n) is 2.74. The number of carbonyl (C=O) groups excluding carboxylic acids is 2. The van der Waals surface area contributed by atoms with E-state index in [-0.39, 0.29) is 18.5 Å². The summed E-state index contributed by atoms with van der Waals surface area (Å²) >= 11 is 1.29. The molecule has 0 aliphatic rings. The lowest BCUT2D eigenvalue weighted by Gasteiger charge is -2.06. The molecule has 0 aliphatic carbocycles. The number of nitrogens with two attached hydrogens (primary N) is 1. The monoisotopic (exact) mass is 308 g/mol. The predicted molar refractivity (Wildman–Crippen MR) is 77.2 cm³/mol. The van der Waals surface area contributed by atoms with Crippen LogP contribution in [0.2, 0.25) is 0 Å². The first-order chi connectivity index (χ1) is 10.1. The fourth-order valence-corrected chi connectivity index (χ4v) is 2.17. The fourth-order valence-electron chi connectivity index (χ4n) is 1.55. The van der Waals surface area contributed by atoms with E-state index in [4.69, 9.17) is 5.73 Å². The zero-order valence-electron chi connectivity index (χ0n) is 11.4. The largest absolute Gasteiger partial charge is 0.323 e. The van der Waals surface area contributed by atoms with E-state index in [0.717, 1.165) is 6.42 Å². The standard InChI is InChI=1S/C12H16N6O2S/c1-2-8(13)9-6-18(17-14-9)7-11(19)15-16-12(20)10-4-3-5-21-10/h3-6,8H,2,7,13H2,1H3,(H,15,19)(H,16,20). The number of hydrazine groups is 1. The topological polar surface area (TPSA) is 115 Å². The smallest absolute Gasteiger partial charge is 0.279 e. The van der Waals surface area contributed by atoms with Crippen molar-refractivity contribution in [2.45, 2.75) is 25.9 Å². The van der Waals surface area contributed by atoms with Gasteiger partial charge in [0, 0.05) is 0 Å². The average molecular weight is 308 g/mol. The SMILES string of the molecule is CCC(N)c1cn(CC(=O)NNC(=O)c2cccs2)nn1. The van der Waals surface area contributed by atoms with Crippen LogP contribution in [0.1, 0.15) is 34.8 Å². The second-order valence-corrected chi connectivity index (χ2v) is 5.28. The molecular weight excluding hydrogens is 292 g/mol. The Balaban J connectivity index is 1.82. The molecule has 4 N–H and O–H groups in total. The molecule has 2 amide bonds. The van der Waals surface area contributed by atoms with Gasteiger partial charge in [0.25, 0.3) is 11.8 Å². The minimum atomic E-state index is -0.401. The second kappa shape index (κ2) is 6.95. The number of hydrogen-bond donors (Lipinski definition) is 3. The maximum Gasteiger partial charge on any atom is 0.279 e. The summed E-state index contributed by atoms with van der Waals surface area (Å²) in [6.07, 6.45) is 2.36. The fraction of sp³-hybridized carbons (Fsp3) is 0.333. The maximum atomic E-state index is 11.7. The van der Waals surface area contributed by atoms with Crippen molar-refractivity contribution in [2.24, 2.45) is 5.73 Å². The summed E-state index contributed by atoms with van der Waals surface area (Å²) in [6, 6.07) is 3.23. The van der Waals surface area contributed by atoms with E-state index in [2.05, 4.69) is 21.2 Å². The van der Waals surface area contributed by atoms with Gasteiger partial charge in [-0.1, -0.05) is 18.2 Å². The third-order valence-corrected chi connectivity index (χ3v) is 3.61. The molecule has 9 heteroatoms. The van der Waals surface area contributed by atoms with Gasteiger partial charge in [0.2, 0.25) is 0 Å². The van der Waals surface area contributed by atoms with Gasteiger partial charge in [-0.15, -0.1) is 16.4 Å². The summed E-state index contributed by atoms with van der Waals surface area (Å²) < 4.78 is 1.37. The lowest BCUT2D eigenvalue weighted by Crippen LogP contribution is -2.43. The van der Waals surface area contributed by atoms with E-state index in [1.165, 1.54) is 16.0 Å². The van der Waals surface area contributed by atoms with Crippen molar-refractivity contribution in [3.05, 3.63) is 34.3 Å². The van der Waals surface area contributed by atoms with Crippen LogP contribution >= 0.6 is 11.3 Å². The van der Waals surface area contributed by atoms with Gasteiger partial charge in [-0.05, 0) is 17.9 Å². The highest BCUT2D eigenvalue weighted by Crippen LogP contribution is 2.09. The van der Waals surface area contributed by atoms with E-state index < -0.39 is 5.91 Å². The molecule has 0 bridgehead atoms. The molecule has 0 aliphatic heterocycles. The molecule has 1 atom stereocenters. The molecule has 2 aromatic heterocycles. The van der Waals surface area contributed by atoms with Gasteiger partial charge >= 0.3 is 0 Å². The molecule has 2 aromatic rings. The lowest BCUT2D eigenvalue weighted by atomic mass is 10.2. The predicted octanol–water partition coefficient (Wildman–Crippen LogP) is 0.211. The Labute approximate surface area is 125 Å². The van der Waals surface area contributed by atoms with Gasteiger partial charge in [-0.25, -0.2) is 4.68 Å². The van der Waals surface area contributed by atoms with Crippen LogP contribution in [0.25, 0.3) is 0 Å². The first kappa shape index (κ1) is 15.1.